The third-order valence-corrected chi connectivity index (χ3v) is 4.81. The fourth-order valence-electron chi connectivity index (χ4n) is 3.36. The number of hydrogen-bond donors (Lipinski definition) is 1. The molecule has 0 bridgehead atoms. The molecule has 2 aliphatic rings. The summed E-state index contributed by atoms with van der Waals surface area (Å²) in [6, 6.07) is 0.264. The standard InChI is InChI=1S/C15H29N3O/c1-12(16)14-7-6-10-18(11-14)13(2)15(19)17-8-4-3-5-9-17/h12-14H,3-11,16H2,1-2H3. The first kappa shape index (κ1) is 14.8. The van der Waals surface area contributed by atoms with Gasteiger partial charge in [-0.1, -0.05) is 0 Å². The summed E-state index contributed by atoms with van der Waals surface area (Å²) in [6.07, 6.45) is 5.99. The summed E-state index contributed by atoms with van der Waals surface area (Å²) < 4.78 is 0. The Kier molecular flexibility index (Phi) is 5.22. The molecule has 2 saturated heterocycles. The van der Waals surface area contributed by atoms with E-state index in [0.717, 1.165) is 26.2 Å². The van der Waals surface area contributed by atoms with Gasteiger partial charge in [0.15, 0.2) is 0 Å². The summed E-state index contributed by atoms with van der Waals surface area (Å²) in [6.45, 7) is 8.09. The zero-order chi connectivity index (χ0) is 13.8. The number of carbonyl (C=O) groups excluding carboxylic acids is 1. The average molecular weight is 267 g/mol. The quantitative estimate of drug-likeness (QED) is 0.842. The maximum absolute atomic E-state index is 12.5. The molecule has 4 nitrogen and oxygen atoms in total. The van der Waals surface area contributed by atoms with Crippen LogP contribution in [0.3, 0.4) is 0 Å². The van der Waals surface area contributed by atoms with Crippen LogP contribution in [0.2, 0.25) is 0 Å². The molecule has 0 aromatic rings. The van der Waals surface area contributed by atoms with Crippen molar-refractivity contribution in [2.24, 2.45) is 11.7 Å². The number of rotatable bonds is 3. The minimum Gasteiger partial charge on any atom is -0.341 e. The molecule has 2 N–H and O–H groups in total. The van der Waals surface area contributed by atoms with E-state index in [1.54, 1.807) is 0 Å². The third-order valence-electron chi connectivity index (χ3n) is 4.81. The molecular formula is C15H29N3O. The summed E-state index contributed by atoms with van der Waals surface area (Å²) in [5, 5.41) is 0. The number of nitrogens with zero attached hydrogens (tertiary/aromatic N) is 2. The molecule has 0 aliphatic carbocycles. The Balaban J connectivity index is 1.90. The van der Waals surface area contributed by atoms with Crippen molar-refractivity contribution in [2.45, 2.75) is 58.0 Å². The first-order valence-corrected chi connectivity index (χ1v) is 7.88. The van der Waals surface area contributed by atoms with Crippen LogP contribution in [0.5, 0.6) is 0 Å². The summed E-state index contributed by atoms with van der Waals surface area (Å²) in [5.74, 6) is 0.871. The van der Waals surface area contributed by atoms with Gasteiger partial charge in [-0.3, -0.25) is 9.69 Å². The molecule has 3 atom stereocenters. The van der Waals surface area contributed by atoms with Crippen molar-refractivity contribution in [3.05, 3.63) is 0 Å². The van der Waals surface area contributed by atoms with Gasteiger partial charge in [-0.25, -0.2) is 0 Å². The molecular weight excluding hydrogens is 238 g/mol. The topological polar surface area (TPSA) is 49.6 Å². The van der Waals surface area contributed by atoms with E-state index in [-0.39, 0.29) is 12.1 Å². The van der Waals surface area contributed by atoms with Crippen LogP contribution in [0.15, 0.2) is 0 Å². The lowest BCUT2D eigenvalue weighted by molar-refractivity contribution is -0.138. The normalized spacial score (nSPS) is 29.0. The number of likely N-dealkylation sites (tertiary alicyclic amines) is 2. The lowest BCUT2D eigenvalue weighted by Gasteiger charge is -2.39. The summed E-state index contributed by atoms with van der Waals surface area (Å²) in [4.78, 5) is 16.9. The van der Waals surface area contributed by atoms with Crippen LogP contribution < -0.4 is 5.73 Å². The van der Waals surface area contributed by atoms with Crippen LogP contribution in [0.4, 0.5) is 0 Å². The van der Waals surface area contributed by atoms with Crippen molar-refractivity contribution in [1.29, 1.82) is 0 Å². The maximum Gasteiger partial charge on any atom is 0.239 e. The van der Waals surface area contributed by atoms with Crippen LogP contribution in [-0.2, 0) is 4.79 Å². The van der Waals surface area contributed by atoms with E-state index in [4.69, 9.17) is 5.73 Å². The summed E-state index contributed by atoms with van der Waals surface area (Å²) in [7, 11) is 0. The second-order valence-electron chi connectivity index (χ2n) is 6.32. The maximum atomic E-state index is 12.5. The van der Waals surface area contributed by atoms with Crippen LogP contribution in [0, 0.1) is 5.92 Å². The summed E-state index contributed by atoms with van der Waals surface area (Å²) >= 11 is 0. The molecule has 19 heavy (non-hydrogen) atoms. The number of carbonyl (C=O) groups is 1. The van der Waals surface area contributed by atoms with Gasteiger partial charge in [-0.05, 0) is 58.4 Å². The Hall–Kier alpha value is -0.610. The smallest absolute Gasteiger partial charge is 0.239 e. The van der Waals surface area contributed by atoms with Gasteiger partial charge in [0.1, 0.15) is 0 Å². The molecule has 0 spiro atoms. The number of amides is 1. The van der Waals surface area contributed by atoms with Crippen LogP contribution >= 0.6 is 0 Å². The number of hydrogen-bond acceptors (Lipinski definition) is 3. The minimum atomic E-state index is 0.0275. The highest BCUT2D eigenvalue weighted by Crippen LogP contribution is 2.22. The Labute approximate surface area is 117 Å². The number of piperidine rings is 2. The predicted molar refractivity (Wildman–Crippen MR) is 77.8 cm³/mol. The molecule has 2 rings (SSSR count). The van der Waals surface area contributed by atoms with Crippen LogP contribution in [0.25, 0.3) is 0 Å². The van der Waals surface area contributed by atoms with Gasteiger partial charge in [0, 0.05) is 25.7 Å². The first-order valence-electron chi connectivity index (χ1n) is 7.88. The zero-order valence-electron chi connectivity index (χ0n) is 12.5. The molecule has 0 radical (unpaired) electrons. The second kappa shape index (κ2) is 6.71. The SMILES string of the molecule is CC(N)C1CCCN(C(C)C(=O)N2CCCCC2)C1. The minimum absolute atomic E-state index is 0.0275. The fourth-order valence-corrected chi connectivity index (χ4v) is 3.36. The highest BCUT2D eigenvalue weighted by Gasteiger charge is 2.31. The second-order valence-corrected chi connectivity index (χ2v) is 6.32. The Morgan fingerprint density at radius 2 is 1.79 bits per heavy atom. The van der Waals surface area contributed by atoms with E-state index in [1.807, 2.05) is 0 Å². The van der Waals surface area contributed by atoms with Crippen LogP contribution in [-0.4, -0.2) is 54.0 Å². The molecule has 0 aromatic carbocycles. The molecule has 3 unspecified atom stereocenters. The lowest BCUT2D eigenvalue weighted by Crippen LogP contribution is -2.53. The highest BCUT2D eigenvalue weighted by molar-refractivity contribution is 5.81. The van der Waals surface area contributed by atoms with Gasteiger partial charge in [0.25, 0.3) is 0 Å². The Morgan fingerprint density at radius 1 is 1.11 bits per heavy atom. The van der Waals surface area contributed by atoms with Crippen molar-refractivity contribution in [3.63, 3.8) is 0 Å². The largest absolute Gasteiger partial charge is 0.341 e. The molecule has 2 heterocycles. The molecule has 1 amide bonds. The van der Waals surface area contributed by atoms with Gasteiger partial charge >= 0.3 is 0 Å². The van der Waals surface area contributed by atoms with E-state index in [2.05, 4.69) is 23.6 Å². The molecule has 110 valence electrons. The van der Waals surface area contributed by atoms with Crippen molar-refractivity contribution >= 4 is 5.91 Å². The van der Waals surface area contributed by atoms with Gasteiger partial charge < -0.3 is 10.6 Å². The van der Waals surface area contributed by atoms with E-state index in [0.29, 0.717) is 11.8 Å². The molecule has 4 heteroatoms. The lowest BCUT2D eigenvalue weighted by atomic mass is 9.91. The van der Waals surface area contributed by atoms with Gasteiger partial charge in [-0.15, -0.1) is 0 Å². The van der Waals surface area contributed by atoms with E-state index in [1.165, 1.54) is 32.1 Å². The molecule has 2 aliphatic heterocycles. The summed E-state index contributed by atoms with van der Waals surface area (Å²) in [5.41, 5.74) is 6.03. The van der Waals surface area contributed by atoms with Crippen molar-refractivity contribution < 1.29 is 4.79 Å². The van der Waals surface area contributed by atoms with E-state index in [9.17, 15) is 4.79 Å². The van der Waals surface area contributed by atoms with Crippen molar-refractivity contribution in [2.75, 3.05) is 26.2 Å². The van der Waals surface area contributed by atoms with Crippen molar-refractivity contribution in [1.82, 2.24) is 9.80 Å². The number of nitrogens with two attached hydrogens (primary N) is 1. The monoisotopic (exact) mass is 267 g/mol. The molecule has 0 saturated carbocycles. The van der Waals surface area contributed by atoms with Crippen LogP contribution in [0.1, 0.15) is 46.0 Å². The predicted octanol–water partition coefficient (Wildman–Crippen LogP) is 1.45. The Bertz CT molecular complexity index is 300. The highest BCUT2D eigenvalue weighted by atomic mass is 16.2. The van der Waals surface area contributed by atoms with Crippen molar-refractivity contribution in [3.8, 4) is 0 Å². The van der Waals surface area contributed by atoms with E-state index >= 15 is 0 Å². The third kappa shape index (κ3) is 3.69. The van der Waals surface area contributed by atoms with Gasteiger partial charge in [-0.2, -0.15) is 0 Å². The average Bonchev–Trinajstić information content (AvgIpc) is 2.46. The van der Waals surface area contributed by atoms with E-state index < -0.39 is 0 Å². The van der Waals surface area contributed by atoms with Gasteiger partial charge in [0.05, 0.1) is 6.04 Å². The van der Waals surface area contributed by atoms with Gasteiger partial charge in [0.2, 0.25) is 5.91 Å². The fraction of sp³-hybridized carbons (Fsp3) is 0.933. The first-order chi connectivity index (χ1) is 9.09. The zero-order valence-corrected chi connectivity index (χ0v) is 12.5. The Morgan fingerprint density at radius 3 is 2.42 bits per heavy atom. The molecule has 2 fully saturated rings. The molecule has 0 aromatic heterocycles.